The molecule has 26 heavy (non-hydrogen) atoms. The Kier molecular flexibility index (Phi) is 6.01. The van der Waals surface area contributed by atoms with Gasteiger partial charge >= 0.3 is 5.97 Å². The predicted molar refractivity (Wildman–Crippen MR) is 97.5 cm³/mol. The third-order valence-corrected chi connectivity index (χ3v) is 3.86. The van der Waals surface area contributed by atoms with Crippen LogP contribution in [0.5, 0.6) is 0 Å². The molecule has 0 spiro atoms. The van der Waals surface area contributed by atoms with Gasteiger partial charge in [-0.2, -0.15) is 0 Å². The molecule has 10 heteroatoms. The molecule has 0 saturated carbocycles. The summed E-state index contributed by atoms with van der Waals surface area (Å²) in [6, 6.07) is 7.81. The van der Waals surface area contributed by atoms with Crippen LogP contribution in [0, 0.1) is 10.1 Å². The number of hydrogen-bond acceptors (Lipinski definition) is 6. The number of rotatable bonds is 5. The van der Waals surface area contributed by atoms with Crippen molar-refractivity contribution in [1.29, 1.82) is 0 Å². The molecule has 2 aromatic rings. The molecule has 0 aliphatic rings. The van der Waals surface area contributed by atoms with Crippen molar-refractivity contribution >= 4 is 52.1 Å². The number of benzene rings is 2. The van der Waals surface area contributed by atoms with Crippen molar-refractivity contribution in [3.63, 3.8) is 0 Å². The Morgan fingerprint density at radius 3 is 2.50 bits per heavy atom. The molecule has 0 bridgehead atoms. The lowest BCUT2D eigenvalue weighted by Gasteiger charge is -2.15. The Bertz CT molecular complexity index is 888. The van der Waals surface area contributed by atoms with Crippen molar-refractivity contribution < 1.29 is 19.2 Å². The van der Waals surface area contributed by atoms with Gasteiger partial charge in [0.1, 0.15) is 0 Å². The van der Waals surface area contributed by atoms with Crippen molar-refractivity contribution in [1.82, 2.24) is 0 Å². The molecule has 0 aliphatic heterocycles. The number of nitro groups is 1. The maximum atomic E-state index is 12.2. The SMILES string of the molecule is CC(OC(=O)c1ccc(Cl)cc1N)C(=O)Nc1ccc([N+](=O)[O-])cc1Cl. The third-order valence-electron chi connectivity index (χ3n) is 3.31. The van der Waals surface area contributed by atoms with Crippen molar-refractivity contribution in [2.75, 3.05) is 11.1 Å². The topological polar surface area (TPSA) is 125 Å². The molecule has 1 amide bonds. The summed E-state index contributed by atoms with van der Waals surface area (Å²) in [7, 11) is 0. The molecular formula is C16H13Cl2N3O5. The summed E-state index contributed by atoms with van der Waals surface area (Å²) in [5, 5.41) is 13.5. The number of amides is 1. The number of carbonyl (C=O) groups is 2. The van der Waals surface area contributed by atoms with Gasteiger partial charge in [0.2, 0.25) is 0 Å². The van der Waals surface area contributed by atoms with Crippen LogP contribution in [0.3, 0.4) is 0 Å². The number of hydrogen-bond donors (Lipinski definition) is 2. The van der Waals surface area contributed by atoms with Crippen LogP contribution in [-0.4, -0.2) is 22.9 Å². The van der Waals surface area contributed by atoms with Crippen LogP contribution in [0.4, 0.5) is 17.1 Å². The van der Waals surface area contributed by atoms with Crippen LogP contribution < -0.4 is 11.1 Å². The van der Waals surface area contributed by atoms with Crippen LogP contribution in [0.1, 0.15) is 17.3 Å². The fourth-order valence-electron chi connectivity index (χ4n) is 1.95. The Morgan fingerprint density at radius 2 is 1.92 bits per heavy atom. The second kappa shape index (κ2) is 8.03. The number of halogens is 2. The van der Waals surface area contributed by atoms with Gasteiger partial charge in [-0.05, 0) is 31.2 Å². The lowest BCUT2D eigenvalue weighted by Crippen LogP contribution is -2.30. The van der Waals surface area contributed by atoms with E-state index in [4.69, 9.17) is 33.7 Å². The monoisotopic (exact) mass is 397 g/mol. The predicted octanol–water partition coefficient (Wildman–Crippen LogP) is 3.67. The number of esters is 1. The van der Waals surface area contributed by atoms with Crippen LogP contribution in [0.2, 0.25) is 10.0 Å². The first-order valence-electron chi connectivity index (χ1n) is 7.20. The Morgan fingerprint density at radius 1 is 1.23 bits per heavy atom. The molecule has 1 atom stereocenters. The Balaban J connectivity index is 2.05. The lowest BCUT2D eigenvalue weighted by atomic mass is 10.2. The van der Waals surface area contributed by atoms with Crippen LogP contribution >= 0.6 is 23.2 Å². The molecule has 2 aromatic carbocycles. The molecule has 0 aromatic heterocycles. The van der Waals surface area contributed by atoms with Gasteiger partial charge < -0.3 is 15.8 Å². The number of nitrogens with two attached hydrogens (primary N) is 1. The minimum atomic E-state index is -1.16. The van der Waals surface area contributed by atoms with Gasteiger partial charge in [-0.15, -0.1) is 0 Å². The van der Waals surface area contributed by atoms with Gasteiger partial charge in [0, 0.05) is 22.8 Å². The second-order valence-electron chi connectivity index (χ2n) is 5.19. The highest BCUT2D eigenvalue weighted by Gasteiger charge is 2.21. The van der Waals surface area contributed by atoms with E-state index in [1.165, 1.54) is 37.3 Å². The highest BCUT2D eigenvalue weighted by Crippen LogP contribution is 2.27. The van der Waals surface area contributed by atoms with Crippen molar-refractivity contribution in [2.45, 2.75) is 13.0 Å². The fourth-order valence-corrected chi connectivity index (χ4v) is 2.35. The first-order chi connectivity index (χ1) is 12.2. The smallest absolute Gasteiger partial charge is 0.341 e. The number of carbonyl (C=O) groups excluding carboxylic acids is 2. The molecule has 0 aliphatic carbocycles. The minimum Gasteiger partial charge on any atom is -0.449 e. The van der Waals surface area contributed by atoms with E-state index in [0.29, 0.717) is 5.02 Å². The first kappa shape index (κ1) is 19.5. The molecule has 3 N–H and O–H groups in total. The molecule has 8 nitrogen and oxygen atoms in total. The highest BCUT2D eigenvalue weighted by molar-refractivity contribution is 6.34. The molecule has 0 heterocycles. The highest BCUT2D eigenvalue weighted by atomic mass is 35.5. The van der Waals surface area contributed by atoms with Gasteiger partial charge in [-0.1, -0.05) is 23.2 Å². The summed E-state index contributed by atoms with van der Waals surface area (Å²) in [6.45, 7) is 1.36. The number of nitro benzene ring substituents is 1. The third kappa shape index (κ3) is 4.62. The van der Waals surface area contributed by atoms with Crippen molar-refractivity contribution in [3.8, 4) is 0 Å². The maximum absolute atomic E-state index is 12.2. The zero-order chi connectivity index (χ0) is 19.4. The van der Waals surface area contributed by atoms with Gasteiger partial charge in [0.05, 0.1) is 21.2 Å². The van der Waals surface area contributed by atoms with Crippen LogP contribution in [-0.2, 0) is 9.53 Å². The number of anilines is 2. The van der Waals surface area contributed by atoms with Gasteiger partial charge in [0.25, 0.3) is 11.6 Å². The summed E-state index contributed by atoms with van der Waals surface area (Å²) in [5.74, 6) is -1.46. The van der Waals surface area contributed by atoms with Gasteiger partial charge in [0.15, 0.2) is 6.10 Å². The average Bonchev–Trinajstić information content (AvgIpc) is 2.56. The van der Waals surface area contributed by atoms with Crippen LogP contribution in [0.15, 0.2) is 36.4 Å². The zero-order valence-electron chi connectivity index (χ0n) is 13.4. The van der Waals surface area contributed by atoms with E-state index >= 15 is 0 Å². The lowest BCUT2D eigenvalue weighted by molar-refractivity contribution is -0.384. The number of non-ortho nitro benzene ring substituents is 1. The molecule has 2 rings (SSSR count). The van der Waals surface area contributed by atoms with E-state index in [9.17, 15) is 19.7 Å². The normalized spacial score (nSPS) is 11.5. The molecular weight excluding hydrogens is 385 g/mol. The summed E-state index contributed by atoms with van der Waals surface area (Å²) in [4.78, 5) is 34.3. The number of nitrogen functional groups attached to an aromatic ring is 1. The Hall–Kier alpha value is -2.84. The quantitative estimate of drug-likeness (QED) is 0.343. The standard InChI is InChI=1S/C16H13Cl2N3O5/c1-8(26-16(23)11-4-2-9(17)6-13(11)19)15(22)20-14-5-3-10(21(24)25)7-12(14)18/h2-8H,19H2,1H3,(H,20,22). The van der Waals surface area contributed by atoms with Crippen LogP contribution in [0.25, 0.3) is 0 Å². The average molecular weight is 398 g/mol. The summed E-state index contributed by atoms with van der Waals surface area (Å²) >= 11 is 11.7. The second-order valence-corrected chi connectivity index (χ2v) is 6.03. The molecule has 136 valence electrons. The van der Waals surface area contributed by atoms with Gasteiger partial charge in [-0.3, -0.25) is 14.9 Å². The fraction of sp³-hybridized carbons (Fsp3) is 0.125. The molecule has 0 fully saturated rings. The number of ether oxygens (including phenoxy) is 1. The first-order valence-corrected chi connectivity index (χ1v) is 7.95. The number of nitrogens with zero attached hydrogens (tertiary/aromatic N) is 1. The molecule has 0 radical (unpaired) electrons. The van der Waals surface area contributed by atoms with E-state index in [-0.39, 0.29) is 27.6 Å². The Labute approximate surface area is 158 Å². The van der Waals surface area contributed by atoms with Crippen molar-refractivity contribution in [3.05, 3.63) is 62.1 Å². The summed E-state index contributed by atoms with van der Waals surface area (Å²) in [6.07, 6.45) is -1.16. The van der Waals surface area contributed by atoms with E-state index in [0.717, 1.165) is 6.07 Å². The maximum Gasteiger partial charge on any atom is 0.341 e. The van der Waals surface area contributed by atoms with E-state index in [2.05, 4.69) is 5.32 Å². The number of nitrogens with one attached hydrogen (secondary N) is 1. The molecule has 0 saturated heterocycles. The minimum absolute atomic E-state index is 0.0203. The largest absolute Gasteiger partial charge is 0.449 e. The summed E-state index contributed by atoms with van der Waals surface area (Å²) in [5.41, 5.74) is 5.82. The van der Waals surface area contributed by atoms with E-state index in [1.54, 1.807) is 0 Å². The van der Waals surface area contributed by atoms with E-state index in [1.807, 2.05) is 0 Å². The summed E-state index contributed by atoms with van der Waals surface area (Å²) < 4.78 is 5.07. The molecule has 1 unspecified atom stereocenters. The van der Waals surface area contributed by atoms with E-state index < -0.39 is 22.9 Å². The van der Waals surface area contributed by atoms with Crippen molar-refractivity contribution in [2.24, 2.45) is 0 Å². The van der Waals surface area contributed by atoms with Gasteiger partial charge in [-0.25, -0.2) is 4.79 Å². The zero-order valence-corrected chi connectivity index (χ0v) is 14.9.